The van der Waals surface area contributed by atoms with Gasteiger partial charge in [-0.2, -0.15) is 0 Å². The highest BCUT2D eigenvalue weighted by molar-refractivity contribution is 7.13. The SMILES string of the molecule is c1csc(-c2ccc3c(c2)CCN(C2CCC2)CC3)n1. The van der Waals surface area contributed by atoms with Crippen LogP contribution in [0.15, 0.2) is 29.8 Å². The predicted molar refractivity (Wildman–Crippen MR) is 84.2 cm³/mol. The third-order valence-electron chi connectivity index (χ3n) is 4.81. The lowest BCUT2D eigenvalue weighted by Gasteiger charge is -2.36. The first kappa shape index (κ1) is 12.5. The van der Waals surface area contributed by atoms with Crippen LogP contribution in [0.3, 0.4) is 0 Å². The standard InChI is InChI=1S/C17H20N2S/c1-2-16(3-1)19-9-6-13-4-5-15(12-14(13)7-10-19)17-18-8-11-20-17/h4-5,8,11-12,16H,1-3,6-7,9-10H2. The van der Waals surface area contributed by atoms with E-state index in [1.807, 2.05) is 6.20 Å². The second-order valence-corrected chi connectivity index (χ2v) is 6.84. The Morgan fingerprint density at radius 1 is 1.10 bits per heavy atom. The molecule has 2 nitrogen and oxygen atoms in total. The highest BCUT2D eigenvalue weighted by atomic mass is 32.1. The van der Waals surface area contributed by atoms with Crippen molar-refractivity contribution in [2.24, 2.45) is 0 Å². The minimum absolute atomic E-state index is 0.878. The molecule has 1 aromatic heterocycles. The third-order valence-corrected chi connectivity index (χ3v) is 5.64. The van der Waals surface area contributed by atoms with Crippen LogP contribution in [0.1, 0.15) is 30.4 Å². The van der Waals surface area contributed by atoms with Crippen molar-refractivity contribution in [3.05, 3.63) is 40.9 Å². The molecule has 0 unspecified atom stereocenters. The Labute approximate surface area is 124 Å². The van der Waals surface area contributed by atoms with Crippen molar-refractivity contribution < 1.29 is 0 Å². The molecule has 2 aliphatic rings. The summed E-state index contributed by atoms with van der Waals surface area (Å²) in [6.45, 7) is 2.48. The monoisotopic (exact) mass is 284 g/mol. The molecule has 0 saturated heterocycles. The van der Waals surface area contributed by atoms with Gasteiger partial charge in [0.1, 0.15) is 5.01 Å². The van der Waals surface area contributed by atoms with Gasteiger partial charge < -0.3 is 0 Å². The fraction of sp³-hybridized carbons (Fsp3) is 0.471. The van der Waals surface area contributed by atoms with Crippen molar-refractivity contribution in [3.8, 4) is 10.6 Å². The molecule has 2 aromatic rings. The van der Waals surface area contributed by atoms with Crippen LogP contribution < -0.4 is 0 Å². The third kappa shape index (κ3) is 2.29. The van der Waals surface area contributed by atoms with Gasteiger partial charge in [-0.15, -0.1) is 11.3 Å². The Morgan fingerprint density at radius 2 is 1.95 bits per heavy atom. The second-order valence-electron chi connectivity index (χ2n) is 5.94. The zero-order valence-electron chi connectivity index (χ0n) is 11.7. The van der Waals surface area contributed by atoms with E-state index < -0.39 is 0 Å². The molecule has 1 aromatic carbocycles. The molecule has 1 fully saturated rings. The van der Waals surface area contributed by atoms with E-state index in [2.05, 4.69) is 33.5 Å². The number of hydrogen-bond acceptors (Lipinski definition) is 3. The van der Waals surface area contributed by atoms with E-state index in [1.165, 1.54) is 50.8 Å². The Kier molecular flexibility index (Phi) is 3.32. The average molecular weight is 284 g/mol. The number of rotatable bonds is 2. The maximum Gasteiger partial charge on any atom is 0.123 e. The summed E-state index contributed by atoms with van der Waals surface area (Å²) >= 11 is 1.73. The lowest BCUT2D eigenvalue weighted by atomic mass is 9.91. The number of hydrogen-bond donors (Lipinski definition) is 0. The topological polar surface area (TPSA) is 16.1 Å². The van der Waals surface area contributed by atoms with Gasteiger partial charge in [-0.3, -0.25) is 4.90 Å². The largest absolute Gasteiger partial charge is 0.300 e. The van der Waals surface area contributed by atoms with Gasteiger partial charge in [0.05, 0.1) is 0 Å². The first-order chi connectivity index (χ1) is 9.90. The van der Waals surface area contributed by atoms with E-state index in [0.29, 0.717) is 0 Å². The van der Waals surface area contributed by atoms with Gasteiger partial charge in [-0.1, -0.05) is 18.6 Å². The molecule has 0 spiro atoms. The van der Waals surface area contributed by atoms with Crippen molar-refractivity contribution >= 4 is 11.3 Å². The quantitative estimate of drug-likeness (QED) is 0.834. The summed E-state index contributed by atoms with van der Waals surface area (Å²) in [4.78, 5) is 7.15. The van der Waals surface area contributed by atoms with Crippen molar-refractivity contribution in [3.63, 3.8) is 0 Å². The normalized spacial score (nSPS) is 20.2. The van der Waals surface area contributed by atoms with Crippen LogP contribution in [0.5, 0.6) is 0 Å². The number of fused-ring (bicyclic) bond motifs is 1. The van der Waals surface area contributed by atoms with Gasteiger partial charge in [-0.25, -0.2) is 4.98 Å². The fourth-order valence-electron chi connectivity index (χ4n) is 3.36. The van der Waals surface area contributed by atoms with E-state index in [-0.39, 0.29) is 0 Å². The minimum Gasteiger partial charge on any atom is -0.300 e. The van der Waals surface area contributed by atoms with Gasteiger partial charge in [0.25, 0.3) is 0 Å². The Hall–Kier alpha value is -1.19. The molecule has 1 aliphatic carbocycles. The molecule has 0 bridgehead atoms. The van der Waals surface area contributed by atoms with Crippen LogP contribution in [0, 0.1) is 0 Å². The predicted octanol–water partition coefficient (Wildman–Crippen LogP) is 3.76. The molecule has 0 radical (unpaired) electrons. The van der Waals surface area contributed by atoms with Gasteiger partial charge in [0.15, 0.2) is 0 Å². The highest BCUT2D eigenvalue weighted by Crippen LogP contribution is 2.29. The van der Waals surface area contributed by atoms with Crippen LogP contribution in [0.25, 0.3) is 10.6 Å². The summed E-state index contributed by atoms with van der Waals surface area (Å²) in [5, 5.41) is 3.20. The first-order valence-corrected chi connectivity index (χ1v) is 8.54. The fourth-order valence-corrected chi connectivity index (χ4v) is 3.99. The van der Waals surface area contributed by atoms with Crippen molar-refractivity contribution in [2.45, 2.75) is 38.1 Å². The number of thiazole rings is 1. The summed E-state index contributed by atoms with van der Waals surface area (Å²) in [5.74, 6) is 0. The summed E-state index contributed by atoms with van der Waals surface area (Å²) in [6.07, 6.45) is 8.57. The summed E-state index contributed by atoms with van der Waals surface area (Å²) in [5.41, 5.74) is 4.38. The van der Waals surface area contributed by atoms with Crippen molar-refractivity contribution in [2.75, 3.05) is 13.1 Å². The molecule has 0 N–H and O–H groups in total. The Bertz CT molecular complexity index is 587. The van der Waals surface area contributed by atoms with Crippen LogP contribution in [-0.2, 0) is 12.8 Å². The number of benzene rings is 1. The molecule has 2 heterocycles. The van der Waals surface area contributed by atoms with Gasteiger partial charge in [-0.05, 0) is 42.9 Å². The second kappa shape index (κ2) is 5.30. The van der Waals surface area contributed by atoms with E-state index >= 15 is 0 Å². The first-order valence-electron chi connectivity index (χ1n) is 7.66. The zero-order valence-corrected chi connectivity index (χ0v) is 12.5. The molecule has 104 valence electrons. The summed E-state index contributed by atoms with van der Waals surface area (Å²) in [7, 11) is 0. The van der Waals surface area contributed by atoms with Gasteiger partial charge >= 0.3 is 0 Å². The highest BCUT2D eigenvalue weighted by Gasteiger charge is 2.26. The lowest BCUT2D eigenvalue weighted by Crippen LogP contribution is -2.41. The van der Waals surface area contributed by atoms with Gasteiger partial charge in [0.2, 0.25) is 0 Å². The molecule has 4 rings (SSSR count). The molecule has 1 aliphatic heterocycles. The zero-order chi connectivity index (χ0) is 13.4. The maximum atomic E-state index is 4.43. The maximum absolute atomic E-state index is 4.43. The number of aromatic nitrogens is 1. The smallest absolute Gasteiger partial charge is 0.123 e. The van der Waals surface area contributed by atoms with Gasteiger partial charge in [0, 0.05) is 36.3 Å². The summed E-state index contributed by atoms with van der Waals surface area (Å²) in [6, 6.07) is 7.83. The lowest BCUT2D eigenvalue weighted by molar-refractivity contribution is 0.133. The van der Waals surface area contributed by atoms with Crippen LogP contribution in [-0.4, -0.2) is 29.0 Å². The van der Waals surface area contributed by atoms with E-state index in [0.717, 1.165) is 11.0 Å². The van der Waals surface area contributed by atoms with Crippen LogP contribution in [0.2, 0.25) is 0 Å². The Balaban J connectivity index is 1.57. The molecule has 1 saturated carbocycles. The van der Waals surface area contributed by atoms with E-state index in [1.54, 1.807) is 22.5 Å². The molecule has 20 heavy (non-hydrogen) atoms. The minimum atomic E-state index is 0.878. The molecular formula is C17H20N2S. The van der Waals surface area contributed by atoms with Crippen LogP contribution in [0.4, 0.5) is 0 Å². The van der Waals surface area contributed by atoms with Crippen molar-refractivity contribution in [1.82, 2.24) is 9.88 Å². The molecular weight excluding hydrogens is 264 g/mol. The van der Waals surface area contributed by atoms with Crippen LogP contribution >= 0.6 is 11.3 Å². The van der Waals surface area contributed by atoms with Crippen molar-refractivity contribution in [1.29, 1.82) is 0 Å². The summed E-state index contributed by atoms with van der Waals surface area (Å²) < 4.78 is 0. The Morgan fingerprint density at radius 3 is 2.65 bits per heavy atom. The number of nitrogens with zero attached hydrogens (tertiary/aromatic N) is 2. The molecule has 0 atom stereocenters. The average Bonchev–Trinajstić information content (AvgIpc) is 2.87. The van der Waals surface area contributed by atoms with E-state index in [4.69, 9.17) is 0 Å². The molecule has 3 heteroatoms. The van der Waals surface area contributed by atoms with E-state index in [9.17, 15) is 0 Å². The molecule has 0 amide bonds.